The van der Waals surface area contributed by atoms with E-state index in [1.54, 1.807) is 0 Å². The normalized spacial score (nSPS) is 13.5. The number of thiophene rings is 1. The predicted octanol–water partition coefficient (Wildman–Crippen LogP) is 10.3. The van der Waals surface area contributed by atoms with E-state index in [1.807, 2.05) is 11.3 Å². The minimum Gasteiger partial charge on any atom is -0.311 e. The largest absolute Gasteiger partial charge is 0.311 e. The van der Waals surface area contributed by atoms with Crippen LogP contribution in [0.2, 0.25) is 0 Å². The molecule has 1 aliphatic rings. The first-order valence-corrected chi connectivity index (χ1v) is 20.7. The minimum absolute atomic E-state index is 1.15. The van der Waals surface area contributed by atoms with Crippen LogP contribution in [0.25, 0.3) is 47.7 Å². The average molecular weight is 697 g/mol. The number of para-hydroxylation sites is 3. The van der Waals surface area contributed by atoms with Gasteiger partial charge in [-0.15, -0.1) is 11.3 Å². The van der Waals surface area contributed by atoms with Gasteiger partial charge in [-0.05, 0) is 69.3 Å². The lowest BCUT2D eigenvalue weighted by Crippen LogP contribution is -2.77. The Hall–Kier alpha value is -6.20. The third kappa shape index (κ3) is 4.05. The van der Waals surface area contributed by atoms with Crippen LogP contribution in [-0.2, 0) is 0 Å². The van der Waals surface area contributed by atoms with Gasteiger partial charge in [-0.25, -0.2) is 0 Å². The molecule has 52 heavy (non-hydrogen) atoms. The summed E-state index contributed by atoms with van der Waals surface area (Å²) >= 11 is 1.90. The van der Waals surface area contributed by atoms with Crippen molar-refractivity contribution in [1.82, 2.24) is 4.57 Å². The van der Waals surface area contributed by atoms with Crippen molar-refractivity contribution < 1.29 is 0 Å². The summed E-state index contributed by atoms with van der Waals surface area (Å²) in [6.07, 6.45) is 0. The molecular formula is C48H32N2SSi. The second-order valence-corrected chi connectivity index (χ2v) is 18.4. The molecule has 0 spiro atoms. The zero-order valence-electron chi connectivity index (χ0n) is 28.3. The van der Waals surface area contributed by atoms with Gasteiger partial charge in [-0.3, -0.25) is 0 Å². The molecule has 1 aliphatic heterocycles. The van der Waals surface area contributed by atoms with Gasteiger partial charge in [0.2, 0.25) is 0 Å². The van der Waals surface area contributed by atoms with Crippen molar-refractivity contribution >= 4 is 99.2 Å². The summed E-state index contributed by atoms with van der Waals surface area (Å²) in [5.74, 6) is 0. The Balaban J connectivity index is 1.17. The molecule has 0 amide bonds. The molecule has 3 heterocycles. The predicted molar refractivity (Wildman–Crippen MR) is 226 cm³/mol. The fourth-order valence-corrected chi connectivity index (χ4v) is 15.3. The molecule has 4 heteroatoms. The summed E-state index contributed by atoms with van der Waals surface area (Å²) in [6, 6.07) is 72.2. The summed E-state index contributed by atoms with van der Waals surface area (Å²) in [7, 11) is -2.68. The first-order chi connectivity index (χ1) is 25.8. The topological polar surface area (TPSA) is 8.17 Å². The second kappa shape index (κ2) is 11.4. The summed E-state index contributed by atoms with van der Waals surface area (Å²) in [6.45, 7) is 0. The van der Waals surface area contributed by atoms with Crippen molar-refractivity contribution in [2.24, 2.45) is 0 Å². The van der Waals surface area contributed by atoms with Crippen molar-refractivity contribution in [2.45, 2.75) is 0 Å². The van der Waals surface area contributed by atoms with Gasteiger partial charge in [0.15, 0.2) is 8.07 Å². The van der Waals surface area contributed by atoms with Crippen LogP contribution in [0.4, 0.5) is 17.1 Å². The first kappa shape index (κ1) is 29.5. The van der Waals surface area contributed by atoms with E-state index in [2.05, 4.69) is 204 Å². The SMILES string of the molecule is c1ccc([Si]2(c3ccccc3)c3ccccc3N(c3cccc(-n4c5ccccc5c5c6sc7ccccc7c6ccc54)c3)c3ccccc32)cc1. The number of rotatable bonds is 4. The summed E-state index contributed by atoms with van der Waals surface area (Å²) in [5, 5.41) is 10.9. The van der Waals surface area contributed by atoms with E-state index in [0.717, 1.165) is 11.4 Å². The molecule has 8 aromatic carbocycles. The number of benzene rings is 8. The quantitative estimate of drug-likeness (QED) is 0.166. The lowest BCUT2D eigenvalue weighted by Gasteiger charge is -2.45. The van der Waals surface area contributed by atoms with Gasteiger partial charge in [0.05, 0.1) is 11.0 Å². The van der Waals surface area contributed by atoms with Crippen molar-refractivity contribution in [1.29, 1.82) is 0 Å². The van der Waals surface area contributed by atoms with E-state index in [4.69, 9.17) is 0 Å². The van der Waals surface area contributed by atoms with Gasteiger partial charge >= 0.3 is 0 Å². The summed E-state index contributed by atoms with van der Waals surface area (Å²) in [4.78, 5) is 2.50. The molecule has 0 bridgehead atoms. The molecule has 11 rings (SSSR count). The maximum atomic E-state index is 2.50. The minimum atomic E-state index is -2.68. The zero-order valence-corrected chi connectivity index (χ0v) is 30.1. The van der Waals surface area contributed by atoms with E-state index >= 15 is 0 Å². The van der Waals surface area contributed by atoms with Gasteiger partial charge in [-0.2, -0.15) is 0 Å². The van der Waals surface area contributed by atoms with Crippen molar-refractivity contribution in [3.8, 4) is 5.69 Å². The number of hydrogen-bond donors (Lipinski definition) is 0. The van der Waals surface area contributed by atoms with Crippen molar-refractivity contribution in [2.75, 3.05) is 4.90 Å². The van der Waals surface area contributed by atoms with Crippen LogP contribution in [0, 0.1) is 0 Å². The Kier molecular flexibility index (Phi) is 6.47. The van der Waals surface area contributed by atoms with Gasteiger partial charge in [-0.1, -0.05) is 146 Å². The van der Waals surface area contributed by atoms with E-state index in [1.165, 1.54) is 74.1 Å². The molecule has 0 saturated carbocycles. The van der Waals surface area contributed by atoms with Crippen LogP contribution >= 0.6 is 11.3 Å². The van der Waals surface area contributed by atoms with Gasteiger partial charge in [0.25, 0.3) is 0 Å². The molecule has 0 N–H and O–H groups in total. The van der Waals surface area contributed by atoms with Crippen molar-refractivity contribution in [3.63, 3.8) is 0 Å². The highest BCUT2D eigenvalue weighted by molar-refractivity contribution is 7.26. The molecule has 0 aliphatic carbocycles. The molecule has 0 fully saturated rings. The lowest BCUT2D eigenvalue weighted by molar-refractivity contribution is 1.17. The molecule has 244 valence electrons. The summed E-state index contributed by atoms with van der Waals surface area (Å²) < 4.78 is 5.15. The van der Waals surface area contributed by atoms with E-state index < -0.39 is 8.07 Å². The fraction of sp³-hybridized carbons (Fsp3) is 0. The Morgan fingerprint density at radius 1 is 0.404 bits per heavy atom. The monoisotopic (exact) mass is 696 g/mol. The van der Waals surface area contributed by atoms with Crippen LogP contribution in [0.3, 0.4) is 0 Å². The molecule has 0 atom stereocenters. The molecule has 0 unspecified atom stereocenters. The maximum absolute atomic E-state index is 2.68. The highest BCUT2D eigenvalue weighted by Crippen LogP contribution is 2.44. The van der Waals surface area contributed by atoms with Crippen LogP contribution in [0.5, 0.6) is 0 Å². The molecule has 0 radical (unpaired) electrons. The fourth-order valence-electron chi connectivity index (χ4n) is 8.97. The Morgan fingerprint density at radius 3 is 1.69 bits per heavy atom. The van der Waals surface area contributed by atoms with Crippen LogP contribution in [0.15, 0.2) is 194 Å². The zero-order chi connectivity index (χ0) is 34.2. The highest BCUT2D eigenvalue weighted by Gasteiger charge is 2.48. The van der Waals surface area contributed by atoms with Crippen LogP contribution < -0.4 is 25.6 Å². The van der Waals surface area contributed by atoms with Crippen LogP contribution in [-0.4, -0.2) is 12.6 Å². The maximum Gasteiger partial charge on any atom is 0.184 e. The van der Waals surface area contributed by atoms with Gasteiger partial charge < -0.3 is 9.47 Å². The Morgan fingerprint density at radius 2 is 0.981 bits per heavy atom. The number of aromatic nitrogens is 1. The average Bonchev–Trinajstić information content (AvgIpc) is 3.76. The number of hydrogen-bond acceptors (Lipinski definition) is 2. The third-order valence-corrected chi connectivity index (χ3v) is 17.1. The van der Waals surface area contributed by atoms with E-state index in [0.29, 0.717) is 0 Å². The molecular weight excluding hydrogens is 665 g/mol. The summed E-state index contributed by atoms with van der Waals surface area (Å²) in [5.41, 5.74) is 7.24. The number of fused-ring (bicyclic) bond motifs is 9. The molecule has 2 nitrogen and oxygen atoms in total. The highest BCUT2D eigenvalue weighted by atomic mass is 32.1. The van der Waals surface area contributed by atoms with Gasteiger partial charge in [0, 0.05) is 53.7 Å². The van der Waals surface area contributed by atoms with Gasteiger partial charge in [0.1, 0.15) is 0 Å². The van der Waals surface area contributed by atoms with Crippen LogP contribution in [0.1, 0.15) is 0 Å². The Bertz CT molecular complexity index is 2890. The molecule has 10 aromatic rings. The first-order valence-electron chi connectivity index (χ1n) is 17.9. The lowest BCUT2D eigenvalue weighted by atomic mass is 10.1. The number of nitrogens with zero attached hydrogens (tertiary/aromatic N) is 2. The smallest absolute Gasteiger partial charge is 0.184 e. The second-order valence-electron chi connectivity index (χ2n) is 13.7. The van der Waals surface area contributed by atoms with Crippen molar-refractivity contribution in [3.05, 3.63) is 194 Å². The molecule has 2 aromatic heterocycles. The van der Waals surface area contributed by atoms with E-state index in [-0.39, 0.29) is 0 Å². The third-order valence-electron chi connectivity index (χ3n) is 11.0. The Labute approximate surface area is 307 Å². The number of anilines is 3. The standard InChI is InChI=1S/C48H32N2SSi/c1-3-18-35(19-4-1)52(36-20-5-2-6-21-36)45-28-13-10-25-41(45)50(42-26-11-14-29-46(42)52)34-17-15-16-33(32-34)49-40-24-9-7-23-39(40)47-43(49)31-30-38-37-22-8-12-27-44(37)51-48(38)47/h1-32H. The van der Waals surface area contributed by atoms with E-state index in [9.17, 15) is 0 Å². The molecule has 0 saturated heterocycles.